The molecule has 0 heterocycles. The van der Waals surface area contributed by atoms with Crippen LogP contribution >= 0.6 is 0 Å². The van der Waals surface area contributed by atoms with Gasteiger partial charge in [-0.3, -0.25) is 4.79 Å². The molecule has 3 atom stereocenters. The van der Waals surface area contributed by atoms with Gasteiger partial charge in [-0.2, -0.15) is 0 Å². The Balaban J connectivity index is 3.77. The quantitative estimate of drug-likeness (QED) is 0.0379. The van der Waals surface area contributed by atoms with Gasteiger partial charge in [-0.15, -0.1) is 0 Å². The summed E-state index contributed by atoms with van der Waals surface area (Å²) < 4.78 is 0. The summed E-state index contributed by atoms with van der Waals surface area (Å²) in [6, 6.07) is -0.774. The van der Waals surface area contributed by atoms with Crippen molar-refractivity contribution in [1.29, 1.82) is 0 Å². The van der Waals surface area contributed by atoms with E-state index in [0.29, 0.717) is 6.42 Å². The highest BCUT2D eigenvalue weighted by molar-refractivity contribution is 5.76. The molecule has 4 N–H and O–H groups in total. The van der Waals surface area contributed by atoms with Gasteiger partial charge >= 0.3 is 0 Å². The summed E-state index contributed by atoms with van der Waals surface area (Å²) in [7, 11) is 0. The molecule has 0 aromatic heterocycles. The smallest absolute Gasteiger partial charge is 0.222 e. The summed E-state index contributed by atoms with van der Waals surface area (Å²) >= 11 is 0. The maximum Gasteiger partial charge on any atom is 0.222 e. The van der Waals surface area contributed by atoms with Crippen molar-refractivity contribution in [3.05, 3.63) is 60.8 Å². The number of carbonyl (C=O) groups excluding carboxylic acids is 1. The van der Waals surface area contributed by atoms with Gasteiger partial charge in [-0.25, -0.2) is 0 Å². The molecule has 0 fully saturated rings. The van der Waals surface area contributed by atoms with Crippen LogP contribution in [0.5, 0.6) is 0 Å². The number of aliphatic hydroxyl groups excluding tert-OH is 3. The fourth-order valence-corrected chi connectivity index (χ4v) is 6.16. The number of aliphatic hydroxyl groups is 3. The van der Waals surface area contributed by atoms with Crippen molar-refractivity contribution in [2.45, 2.75) is 218 Å². The Hall–Kier alpha value is -1.95. The summed E-state index contributed by atoms with van der Waals surface area (Å²) in [5.41, 5.74) is 0. The SMILES string of the molecule is CCCCCCC/C=C/CC/C=C/CC/C=C/C(O)C(CO)NC(=O)CC(O)CCCCCCC/C=C\C/C=C\CCCCCCCCCCC. The van der Waals surface area contributed by atoms with Crippen molar-refractivity contribution in [3.8, 4) is 0 Å². The van der Waals surface area contributed by atoms with Crippen molar-refractivity contribution >= 4 is 5.91 Å². The topological polar surface area (TPSA) is 89.8 Å². The van der Waals surface area contributed by atoms with E-state index in [9.17, 15) is 20.1 Å². The second-order valence-electron chi connectivity index (χ2n) is 14.6. The van der Waals surface area contributed by atoms with Crippen LogP contribution in [0.3, 0.4) is 0 Å². The Bertz CT molecular complexity index is 876. The van der Waals surface area contributed by atoms with Crippen LogP contribution in [-0.4, -0.2) is 46.1 Å². The van der Waals surface area contributed by atoms with Crippen molar-refractivity contribution in [2.75, 3.05) is 6.61 Å². The van der Waals surface area contributed by atoms with E-state index in [1.54, 1.807) is 6.08 Å². The lowest BCUT2D eigenvalue weighted by atomic mass is 10.0. The lowest BCUT2D eigenvalue weighted by molar-refractivity contribution is -0.124. The van der Waals surface area contributed by atoms with Crippen molar-refractivity contribution in [3.63, 3.8) is 0 Å². The van der Waals surface area contributed by atoms with E-state index in [-0.39, 0.29) is 18.9 Å². The van der Waals surface area contributed by atoms with E-state index in [1.807, 2.05) is 6.08 Å². The Labute approximate surface area is 316 Å². The minimum absolute atomic E-state index is 0.00961. The molecule has 0 saturated carbocycles. The molecule has 0 rings (SSSR count). The highest BCUT2D eigenvalue weighted by Gasteiger charge is 2.20. The number of allylic oxidation sites excluding steroid dienone is 9. The molecule has 0 aliphatic rings. The van der Waals surface area contributed by atoms with E-state index in [4.69, 9.17) is 0 Å². The Morgan fingerprint density at radius 2 is 0.902 bits per heavy atom. The fraction of sp³-hybridized carbons (Fsp3) is 0.761. The molecule has 0 aromatic carbocycles. The number of hydrogen-bond acceptors (Lipinski definition) is 4. The van der Waals surface area contributed by atoms with Gasteiger partial charge in [-0.1, -0.05) is 177 Å². The van der Waals surface area contributed by atoms with Crippen LogP contribution in [0.4, 0.5) is 0 Å². The highest BCUT2D eigenvalue weighted by Crippen LogP contribution is 2.13. The van der Waals surface area contributed by atoms with E-state index in [2.05, 4.69) is 67.8 Å². The molecule has 0 bridgehead atoms. The van der Waals surface area contributed by atoms with Gasteiger partial charge in [0.1, 0.15) is 0 Å². The number of amides is 1. The summed E-state index contributed by atoms with van der Waals surface area (Å²) in [6.07, 6.45) is 53.6. The first kappa shape index (κ1) is 49.0. The van der Waals surface area contributed by atoms with E-state index >= 15 is 0 Å². The molecule has 1 amide bonds. The van der Waals surface area contributed by atoms with Gasteiger partial charge in [0.25, 0.3) is 0 Å². The summed E-state index contributed by atoms with van der Waals surface area (Å²) in [5, 5.41) is 33.1. The Morgan fingerprint density at radius 1 is 0.510 bits per heavy atom. The average Bonchev–Trinajstić information content (AvgIpc) is 3.12. The molecule has 0 saturated heterocycles. The van der Waals surface area contributed by atoms with Gasteiger partial charge in [-0.05, 0) is 77.0 Å². The third-order valence-electron chi connectivity index (χ3n) is 9.51. The number of rotatable bonds is 38. The molecule has 51 heavy (non-hydrogen) atoms. The maximum atomic E-state index is 12.4. The lowest BCUT2D eigenvalue weighted by Gasteiger charge is -2.20. The normalized spacial score (nSPS) is 14.2. The van der Waals surface area contributed by atoms with E-state index in [0.717, 1.165) is 57.8 Å². The highest BCUT2D eigenvalue weighted by atomic mass is 16.3. The molecule has 296 valence electrons. The number of hydrogen-bond donors (Lipinski definition) is 4. The van der Waals surface area contributed by atoms with Crippen LogP contribution in [0.1, 0.15) is 200 Å². The van der Waals surface area contributed by atoms with Crippen LogP contribution in [0.15, 0.2) is 60.8 Å². The van der Waals surface area contributed by atoms with Crippen LogP contribution in [0.2, 0.25) is 0 Å². The van der Waals surface area contributed by atoms with Crippen LogP contribution in [0.25, 0.3) is 0 Å². The third-order valence-corrected chi connectivity index (χ3v) is 9.51. The van der Waals surface area contributed by atoms with Gasteiger partial charge in [0.2, 0.25) is 5.91 Å². The summed E-state index contributed by atoms with van der Waals surface area (Å²) in [5.74, 6) is -0.340. The Kier molecular flexibility index (Phi) is 39.3. The first-order valence-corrected chi connectivity index (χ1v) is 21.6. The molecular formula is C46H83NO4. The van der Waals surface area contributed by atoms with Crippen LogP contribution in [0, 0.1) is 0 Å². The van der Waals surface area contributed by atoms with E-state index in [1.165, 1.54) is 116 Å². The first-order valence-electron chi connectivity index (χ1n) is 21.6. The third kappa shape index (κ3) is 37.6. The molecule has 3 unspecified atom stereocenters. The molecule has 0 aliphatic heterocycles. The number of unbranched alkanes of at least 4 members (excludes halogenated alkanes) is 21. The summed E-state index contributed by atoms with van der Waals surface area (Å²) in [4.78, 5) is 12.4. The molecule has 5 heteroatoms. The minimum Gasteiger partial charge on any atom is -0.394 e. The second-order valence-corrected chi connectivity index (χ2v) is 14.6. The lowest BCUT2D eigenvalue weighted by Crippen LogP contribution is -2.45. The van der Waals surface area contributed by atoms with Crippen molar-refractivity contribution in [2.24, 2.45) is 0 Å². The average molecular weight is 714 g/mol. The van der Waals surface area contributed by atoms with E-state index < -0.39 is 18.2 Å². The molecule has 0 aromatic rings. The fourth-order valence-electron chi connectivity index (χ4n) is 6.16. The number of nitrogens with one attached hydrogen (secondary N) is 1. The standard InChI is InChI=1S/C46H83NO4/c1-3-5-7-9-11-13-15-17-19-20-21-22-23-24-26-27-29-31-33-35-37-39-43(49)41-46(51)47-44(42-48)45(50)40-38-36-34-32-30-28-25-18-16-14-12-10-8-6-4-2/h16,18,21-22,24,26,30,32,38,40,43-45,48-50H,3-15,17,19-20,23,25,27-29,31,33-37,39,41-42H2,1-2H3,(H,47,51)/b18-16+,22-21-,26-24-,32-30+,40-38+. The predicted molar refractivity (Wildman–Crippen MR) is 222 cm³/mol. The van der Waals surface area contributed by atoms with Gasteiger partial charge in [0.15, 0.2) is 0 Å². The van der Waals surface area contributed by atoms with Crippen molar-refractivity contribution in [1.82, 2.24) is 5.32 Å². The summed E-state index contributed by atoms with van der Waals surface area (Å²) in [6.45, 7) is 4.17. The maximum absolute atomic E-state index is 12.4. The zero-order chi connectivity index (χ0) is 37.3. The largest absolute Gasteiger partial charge is 0.394 e. The van der Waals surface area contributed by atoms with Gasteiger partial charge < -0.3 is 20.6 Å². The monoisotopic (exact) mass is 714 g/mol. The van der Waals surface area contributed by atoms with Gasteiger partial charge in [0.05, 0.1) is 31.3 Å². The number of carbonyl (C=O) groups is 1. The molecule has 0 aliphatic carbocycles. The zero-order valence-electron chi connectivity index (χ0n) is 33.5. The van der Waals surface area contributed by atoms with Crippen LogP contribution < -0.4 is 5.32 Å². The first-order chi connectivity index (χ1) is 25.0. The van der Waals surface area contributed by atoms with Crippen molar-refractivity contribution < 1.29 is 20.1 Å². The second kappa shape index (κ2) is 40.8. The van der Waals surface area contributed by atoms with Crippen LogP contribution in [-0.2, 0) is 4.79 Å². The minimum atomic E-state index is -0.965. The predicted octanol–water partition coefficient (Wildman–Crippen LogP) is 12.3. The zero-order valence-corrected chi connectivity index (χ0v) is 33.5. The molecule has 0 radical (unpaired) electrons. The molecule has 5 nitrogen and oxygen atoms in total. The molecule has 0 spiro atoms. The molecular weight excluding hydrogens is 631 g/mol. The van der Waals surface area contributed by atoms with Gasteiger partial charge in [0, 0.05) is 0 Å². The Morgan fingerprint density at radius 3 is 1.37 bits per heavy atom.